The van der Waals surface area contributed by atoms with Crippen LogP contribution in [0.1, 0.15) is 24.1 Å². The SMILES string of the molecule is CN(C[C@H]1CCCN(CCc2ccc(F)cc2)C1)C(=O)Cc1cn2ccsc2n1. The number of carbonyl (C=O) groups is 1. The van der Waals surface area contributed by atoms with Crippen LogP contribution in [0.3, 0.4) is 0 Å². The van der Waals surface area contributed by atoms with Crippen molar-refractivity contribution in [1.29, 1.82) is 0 Å². The average molecular weight is 415 g/mol. The van der Waals surface area contributed by atoms with E-state index in [1.54, 1.807) is 11.3 Å². The summed E-state index contributed by atoms with van der Waals surface area (Å²) in [6.45, 7) is 3.87. The van der Waals surface area contributed by atoms with E-state index in [9.17, 15) is 9.18 Å². The van der Waals surface area contributed by atoms with E-state index in [0.717, 1.165) is 56.1 Å². The smallest absolute Gasteiger partial charge is 0.228 e. The number of amides is 1. The van der Waals surface area contributed by atoms with Gasteiger partial charge in [-0.15, -0.1) is 11.3 Å². The van der Waals surface area contributed by atoms with Crippen molar-refractivity contribution in [3.8, 4) is 0 Å². The molecule has 1 aliphatic rings. The summed E-state index contributed by atoms with van der Waals surface area (Å²) in [5.74, 6) is 0.436. The second kappa shape index (κ2) is 9.05. The number of imidazole rings is 1. The van der Waals surface area contributed by atoms with E-state index < -0.39 is 0 Å². The van der Waals surface area contributed by atoms with Gasteiger partial charge in [-0.25, -0.2) is 9.37 Å². The van der Waals surface area contributed by atoms with Crippen molar-refractivity contribution in [3.05, 3.63) is 59.1 Å². The minimum absolute atomic E-state index is 0.124. The Hall–Kier alpha value is -2.25. The highest BCUT2D eigenvalue weighted by molar-refractivity contribution is 7.15. The third kappa shape index (κ3) is 5.22. The van der Waals surface area contributed by atoms with Crippen molar-refractivity contribution in [1.82, 2.24) is 19.2 Å². The molecule has 3 heterocycles. The van der Waals surface area contributed by atoms with Gasteiger partial charge in [0, 0.05) is 44.5 Å². The van der Waals surface area contributed by atoms with E-state index in [2.05, 4.69) is 9.88 Å². The van der Waals surface area contributed by atoms with Crippen molar-refractivity contribution >= 4 is 22.2 Å². The molecule has 1 fully saturated rings. The Morgan fingerprint density at radius 1 is 1.34 bits per heavy atom. The lowest BCUT2D eigenvalue weighted by Crippen LogP contribution is -2.42. The van der Waals surface area contributed by atoms with Crippen LogP contribution in [0.4, 0.5) is 4.39 Å². The fourth-order valence-electron chi connectivity index (χ4n) is 4.08. The van der Waals surface area contributed by atoms with Gasteiger partial charge in [-0.1, -0.05) is 12.1 Å². The van der Waals surface area contributed by atoms with Crippen molar-refractivity contribution < 1.29 is 9.18 Å². The summed E-state index contributed by atoms with van der Waals surface area (Å²) in [5.41, 5.74) is 2.00. The summed E-state index contributed by atoms with van der Waals surface area (Å²) >= 11 is 1.58. The topological polar surface area (TPSA) is 40.9 Å². The summed E-state index contributed by atoms with van der Waals surface area (Å²) in [6, 6.07) is 6.78. The van der Waals surface area contributed by atoms with Gasteiger partial charge in [0.15, 0.2) is 4.96 Å². The number of likely N-dealkylation sites (tertiary alicyclic amines) is 1. The molecule has 1 amide bonds. The molecular weight excluding hydrogens is 387 g/mol. The Kier molecular flexibility index (Phi) is 6.25. The number of hydrogen-bond donors (Lipinski definition) is 0. The number of aromatic nitrogens is 2. The number of piperidine rings is 1. The molecule has 0 saturated carbocycles. The zero-order valence-electron chi connectivity index (χ0n) is 16.8. The molecule has 0 bridgehead atoms. The molecule has 0 N–H and O–H groups in total. The first kappa shape index (κ1) is 20.0. The third-order valence-electron chi connectivity index (χ3n) is 5.67. The summed E-state index contributed by atoms with van der Waals surface area (Å²) < 4.78 is 15.0. The zero-order valence-corrected chi connectivity index (χ0v) is 17.6. The largest absolute Gasteiger partial charge is 0.345 e. The van der Waals surface area contributed by atoms with E-state index in [-0.39, 0.29) is 11.7 Å². The van der Waals surface area contributed by atoms with Gasteiger partial charge in [-0.3, -0.25) is 9.20 Å². The highest BCUT2D eigenvalue weighted by Gasteiger charge is 2.23. The normalized spacial score (nSPS) is 17.7. The lowest BCUT2D eigenvalue weighted by molar-refractivity contribution is -0.130. The fraction of sp³-hybridized carbons (Fsp3) is 0.455. The number of benzene rings is 1. The summed E-state index contributed by atoms with van der Waals surface area (Å²) in [6.07, 6.45) is 7.51. The summed E-state index contributed by atoms with van der Waals surface area (Å²) in [7, 11) is 1.90. The molecule has 29 heavy (non-hydrogen) atoms. The van der Waals surface area contributed by atoms with Gasteiger partial charge >= 0.3 is 0 Å². The van der Waals surface area contributed by atoms with Gasteiger partial charge in [-0.2, -0.15) is 0 Å². The molecule has 1 atom stereocenters. The van der Waals surface area contributed by atoms with Crippen LogP contribution in [0.2, 0.25) is 0 Å². The van der Waals surface area contributed by atoms with E-state index in [1.165, 1.54) is 17.7 Å². The molecule has 0 radical (unpaired) electrons. The molecule has 1 aliphatic heterocycles. The van der Waals surface area contributed by atoms with Crippen LogP contribution >= 0.6 is 11.3 Å². The molecule has 154 valence electrons. The van der Waals surface area contributed by atoms with Crippen molar-refractivity contribution in [3.63, 3.8) is 0 Å². The lowest BCUT2D eigenvalue weighted by atomic mass is 9.97. The number of hydrogen-bond acceptors (Lipinski definition) is 4. The number of halogens is 1. The number of rotatable bonds is 7. The van der Waals surface area contributed by atoms with Gasteiger partial charge in [0.1, 0.15) is 5.82 Å². The Balaban J connectivity index is 1.25. The van der Waals surface area contributed by atoms with E-state index in [4.69, 9.17) is 0 Å². The highest BCUT2D eigenvalue weighted by atomic mass is 32.1. The Morgan fingerprint density at radius 3 is 2.97 bits per heavy atom. The van der Waals surface area contributed by atoms with Crippen molar-refractivity contribution in [2.24, 2.45) is 5.92 Å². The maximum absolute atomic E-state index is 13.0. The van der Waals surface area contributed by atoms with Crippen LogP contribution in [0, 0.1) is 11.7 Å². The van der Waals surface area contributed by atoms with Crippen LogP contribution in [-0.2, 0) is 17.6 Å². The Labute approximate surface area is 174 Å². The molecule has 3 aromatic rings. The molecular formula is C22H27FN4OS. The second-order valence-corrected chi connectivity index (χ2v) is 8.83. The first-order valence-electron chi connectivity index (χ1n) is 10.2. The molecule has 2 aromatic heterocycles. The minimum Gasteiger partial charge on any atom is -0.345 e. The van der Waals surface area contributed by atoms with Gasteiger partial charge in [-0.05, 0) is 49.4 Å². The molecule has 7 heteroatoms. The quantitative estimate of drug-likeness (QED) is 0.594. The first-order chi connectivity index (χ1) is 14.1. The maximum atomic E-state index is 13.0. The monoisotopic (exact) mass is 414 g/mol. The van der Waals surface area contributed by atoms with Gasteiger partial charge < -0.3 is 9.80 Å². The van der Waals surface area contributed by atoms with E-state index >= 15 is 0 Å². The third-order valence-corrected chi connectivity index (χ3v) is 6.44. The summed E-state index contributed by atoms with van der Waals surface area (Å²) in [5, 5.41) is 1.99. The Morgan fingerprint density at radius 2 is 2.17 bits per heavy atom. The van der Waals surface area contributed by atoms with Gasteiger partial charge in [0.25, 0.3) is 0 Å². The number of thiazole rings is 1. The molecule has 0 spiro atoms. The van der Waals surface area contributed by atoms with E-state index in [0.29, 0.717) is 12.3 Å². The highest BCUT2D eigenvalue weighted by Crippen LogP contribution is 2.19. The standard InChI is InChI=1S/C22H27FN4OS/c1-25(21(28)13-20-16-27-11-12-29-22(27)24-20)14-18-3-2-9-26(15-18)10-8-17-4-6-19(23)7-5-17/h4-7,11-12,16,18H,2-3,8-10,13-15H2,1H3/t18-/m1/s1. The lowest BCUT2D eigenvalue weighted by Gasteiger charge is -2.34. The van der Waals surface area contributed by atoms with Crippen molar-refractivity contribution in [2.75, 3.05) is 33.2 Å². The molecule has 4 rings (SSSR count). The summed E-state index contributed by atoms with van der Waals surface area (Å²) in [4.78, 5) is 22.4. The van der Waals surface area contributed by atoms with Crippen LogP contribution in [0.15, 0.2) is 42.0 Å². The number of likely N-dealkylation sites (N-methyl/N-ethyl adjacent to an activating group) is 1. The molecule has 5 nitrogen and oxygen atoms in total. The Bertz CT molecular complexity index is 923. The van der Waals surface area contributed by atoms with E-state index in [1.807, 2.05) is 46.3 Å². The van der Waals surface area contributed by atoms with Gasteiger partial charge in [0.2, 0.25) is 5.91 Å². The first-order valence-corrected chi connectivity index (χ1v) is 11.1. The molecule has 0 aliphatic carbocycles. The predicted molar refractivity (Wildman–Crippen MR) is 114 cm³/mol. The fourth-order valence-corrected chi connectivity index (χ4v) is 4.80. The maximum Gasteiger partial charge on any atom is 0.228 e. The number of carbonyl (C=O) groups excluding carboxylic acids is 1. The van der Waals surface area contributed by atoms with Crippen LogP contribution in [0.5, 0.6) is 0 Å². The van der Waals surface area contributed by atoms with Crippen LogP contribution in [-0.4, -0.2) is 58.3 Å². The molecule has 1 aromatic carbocycles. The molecule has 1 saturated heterocycles. The predicted octanol–water partition coefficient (Wildman–Crippen LogP) is 3.49. The number of nitrogens with zero attached hydrogens (tertiary/aromatic N) is 4. The average Bonchev–Trinajstić information content (AvgIpc) is 3.29. The molecule has 0 unspecified atom stereocenters. The zero-order chi connectivity index (χ0) is 20.2. The second-order valence-electron chi connectivity index (χ2n) is 7.96. The van der Waals surface area contributed by atoms with Crippen LogP contribution in [0.25, 0.3) is 4.96 Å². The van der Waals surface area contributed by atoms with Crippen molar-refractivity contribution in [2.45, 2.75) is 25.7 Å². The minimum atomic E-state index is -0.185. The van der Waals surface area contributed by atoms with Gasteiger partial charge in [0.05, 0.1) is 12.1 Å². The number of fused-ring (bicyclic) bond motifs is 1. The van der Waals surface area contributed by atoms with Crippen LogP contribution < -0.4 is 0 Å².